The smallest absolute Gasteiger partial charge is 0.306 e. The second-order valence-corrected chi connectivity index (χ2v) is 18.9. The first-order valence-electron chi connectivity index (χ1n) is 23.9. The number of phosphoric acid groups is 1. The SMILES string of the molecule is CCCCC/C=C\CCCCCCCC(=O)OC(COCCCCCCCCCCCCCCCCCCCCCCCC)COP(=O)([O-])OCC[N+](C)(C)C. The lowest BCUT2D eigenvalue weighted by Crippen LogP contribution is -2.37. The molecule has 0 amide bonds. The highest BCUT2D eigenvalue weighted by Crippen LogP contribution is 2.38. The van der Waals surface area contributed by atoms with E-state index in [9.17, 15) is 14.3 Å². The normalized spacial score (nSPS) is 13.8. The summed E-state index contributed by atoms with van der Waals surface area (Å²) in [5.74, 6) is -0.340. The van der Waals surface area contributed by atoms with Crippen LogP contribution < -0.4 is 4.89 Å². The zero-order chi connectivity index (χ0) is 41.3. The largest absolute Gasteiger partial charge is 0.756 e. The number of esters is 1. The Morgan fingerprint density at radius 1 is 0.536 bits per heavy atom. The number of likely N-dealkylation sites (N-methyl/N-ethyl adjacent to an activating group) is 1. The summed E-state index contributed by atoms with van der Waals surface area (Å²) in [5.41, 5.74) is 0. The Morgan fingerprint density at radius 3 is 1.39 bits per heavy atom. The number of rotatable bonds is 45. The van der Waals surface area contributed by atoms with E-state index >= 15 is 0 Å². The molecule has 0 aromatic carbocycles. The van der Waals surface area contributed by atoms with Gasteiger partial charge in [-0.05, 0) is 38.5 Å². The molecule has 0 aliphatic rings. The monoisotopic (exact) mass is 816 g/mol. The van der Waals surface area contributed by atoms with Crippen LogP contribution in [-0.4, -0.2) is 70.7 Å². The highest BCUT2D eigenvalue weighted by molar-refractivity contribution is 7.45. The minimum absolute atomic E-state index is 0.0278. The summed E-state index contributed by atoms with van der Waals surface area (Å²) in [7, 11) is 1.36. The Morgan fingerprint density at radius 2 is 0.929 bits per heavy atom. The third kappa shape index (κ3) is 44.3. The molecule has 0 aliphatic carbocycles. The van der Waals surface area contributed by atoms with E-state index in [1.807, 2.05) is 21.1 Å². The Balaban J connectivity index is 4.07. The Hall–Kier alpha value is -0.760. The number of hydrogen-bond donors (Lipinski definition) is 0. The number of carbonyl (C=O) groups excluding carboxylic acids is 1. The summed E-state index contributed by atoms with van der Waals surface area (Å²) in [6.07, 6.45) is 45.2. The van der Waals surface area contributed by atoms with Crippen LogP contribution in [0.15, 0.2) is 12.2 Å². The predicted molar refractivity (Wildman–Crippen MR) is 236 cm³/mol. The van der Waals surface area contributed by atoms with Crippen molar-refractivity contribution in [1.29, 1.82) is 0 Å². The first kappa shape index (κ1) is 55.2. The second-order valence-electron chi connectivity index (χ2n) is 17.5. The van der Waals surface area contributed by atoms with Crippen molar-refractivity contribution in [3.63, 3.8) is 0 Å². The van der Waals surface area contributed by atoms with Crippen molar-refractivity contribution in [2.45, 2.75) is 232 Å². The molecule has 0 heterocycles. The van der Waals surface area contributed by atoms with E-state index in [4.69, 9.17) is 18.5 Å². The summed E-state index contributed by atoms with van der Waals surface area (Å²) in [5, 5.41) is 0. The van der Waals surface area contributed by atoms with Gasteiger partial charge >= 0.3 is 5.97 Å². The van der Waals surface area contributed by atoms with E-state index in [0.29, 0.717) is 24.1 Å². The summed E-state index contributed by atoms with van der Waals surface area (Å²) in [6.45, 7) is 5.42. The number of allylic oxidation sites excluding steroid dienone is 2. The third-order valence-electron chi connectivity index (χ3n) is 10.6. The zero-order valence-electron chi connectivity index (χ0n) is 37.9. The van der Waals surface area contributed by atoms with Crippen molar-refractivity contribution in [1.82, 2.24) is 0 Å². The van der Waals surface area contributed by atoms with Gasteiger partial charge in [-0.15, -0.1) is 0 Å². The van der Waals surface area contributed by atoms with Crippen LogP contribution in [0.1, 0.15) is 226 Å². The van der Waals surface area contributed by atoms with E-state index in [1.54, 1.807) is 0 Å². The molecule has 56 heavy (non-hydrogen) atoms. The van der Waals surface area contributed by atoms with Gasteiger partial charge in [0.25, 0.3) is 7.82 Å². The minimum Gasteiger partial charge on any atom is -0.756 e. The Bertz CT molecular complexity index is 909. The standard InChI is InChI=1S/C47H94NO7P/c1-6-8-10-12-14-16-18-20-21-22-23-24-25-26-27-28-29-31-33-35-37-39-42-52-44-46(45-54-56(50,51)53-43-41-48(3,4)5)55-47(49)40-38-36-34-32-30-19-17-15-13-11-9-7-2/h15,17,46H,6-14,16,18-45H2,1-5H3/b17-15-. The molecule has 0 fully saturated rings. The average molecular weight is 816 g/mol. The van der Waals surface area contributed by atoms with Gasteiger partial charge in [-0.1, -0.05) is 193 Å². The average Bonchev–Trinajstić information content (AvgIpc) is 3.15. The van der Waals surface area contributed by atoms with Crippen LogP contribution in [0.25, 0.3) is 0 Å². The number of nitrogens with zero attached hydrogens (tertiary/aromatic N) is 1. The van der Waals surface area contributed by atoms with E-state index in [0.717, 1.165) is 44.9 Å². The van der Waals surface area contributed by atoms with Crippen LogP contribution in [0.5, 0.6) is 0 Å². The van der Waals surface area contributed by atoms with Gasteiger partial charge in [-0.2, -0.15) is 0 Å². The van der Waals surface area contributed by atoms with Gasteiger partial charge in [0.1, 0.15) is 19.3 Å². The van der Waals surface area contributed by atoms with Gasteiger partial charge in [0.05, 0.1) is 34.4 Å². The lowest BCUT2D eigenvalue weighted by atomic mass is 10.0. The van der Waals surface area contributed by atoms with Crippen molar-refractivity contribution in [3.05, 3.63) is 12.2 Å². The highest BCUT2D eigenvalue weighted by Gasteiger charge is 2.20. The Kier molecular flexibility index (Phi) is 40.4. The molecule has 0 saturated carbocycles. The molecule has 0 aliphatic heterocycles. The van der Waals surface area contributed by atoms with Gasteiger partial charge in [0, 0.05) is 13.0 Å². The second kappa shape index (κ2) is 41.0. The molecule has 0 aromatic rings. The summed E-state index contributed by atoms with van der Waals surface area (Å²) < 4.78 is 34.6. The fraction of sp³-hybridized carbons (Fsp3) is 0.936. The fourth-order valence-electron chi connectivity index (χ4n) is 6.84. The van der Waals surface area contributed by atoms with Crippen molar-refractivity contribution >= 4 is 13.8 Å². The number of unbranched alkanes of at least 4 members (excludes halogenated alkanes) is 29. The number of phosphoric ester groups is 1. The molecule has 0 bridgehead atoms. The van der Waals surface area contributed by atoms with Crippen LogP contribution in [0.4, 0.5) is 0 Å². The molecular weight excluding hydrogens is 721 g/mol. The van der Waals surface area contributed by atoms with E-state index in [1.165, 1.54) is 161 Å². The first-order chi connectivity index (χ1) is 27.1. The number of hydrogen-bond acceptors (Lipinski definition) is 7. The summed E-state index contributed by atoms with van der Waals surface area (Å²) >= 11 is 0. The maximum absolute atomic E-state index is 12.7. The molecular formula is C47H94NO7P. The molecule has 0 rings (SSSR count). The van der Waals surface area contributed by atoms with Crippen LogP contribution >= 0.6 is 7.82 Å². The zero-order valence-corrected chi connectivity index (χ0v) is 38.7. The summed E-state index contributed by atoms with van der Waals surface area (Å²) in [4.78, 5) is 25.0. The van der Waals surface area contributed by atoms with Crippen molar-refractivity contribution in [3.8, 4) is 0 Å². The number of quaternary nitrogens is 1. The molecule has 2 unspecified atom stereocenters. The van der Waals surface area contributed by atoms with E-state index in [2.05, 4.69) is 26.0 Å². The molecule has 8 nitrogen and oxygen atoms in total. The van der Waals surface area contributed by atoms with Crippen LogP contribution in [-0.2, 0) is 27.9 Å². The lowest BCUT2D eigenvalue weighted by Gasteiger charge is -2.28. The molecule has 0 radical (unpaired) electrons. The van der Waals surface area contributed by atoms with Crippen LogP contribution in [0.2, 0.25) is 0 Å². The molecule has 9 heteroatoms. The quantitative estimate of drug-likeness (QED) is 0.0199. The van der Waals surface area contributed by atoms with Gasteiger partial charge in [0.15, 0.2) is 0 Å². The van der Waals surface area contributed by atoms with Crippen molar-refractivity contribution < 1.29 is 37.3 Å². The third-order valence-corrected chi connectivity index (χ3v) is 11.5. The molecule has 0 spiro atoms. The van der Waals surface area contributed by atoms with Gasteiger partial charge in [0.2, 0.25) is 0 Å². The molecule has 2 atom stereocenters. The number of ether oxygens (including phenoxy) is 2. The fourth-order valence-corrected chi connectivity index (χ4v) is 7.57. The maximum Gasteiger partial charge on any atom is 0.306 e. The highest BCUT2D eigenvalue weighted by atomic mass is 31.2. The predicted octanol–water partition coefficient (Wildman–Crippen LogP) is 13.6. The number of carbonyl (C=O) groups is 1. The molecule has 334 valence electrons. The van der Waals surface area contributed by atoms with Gasteiger partial charge in [-0.3, -0.25) is 9.36 Å². The minimum atomic E-state index is -4.52. The van der Waals surface area contributed by atoms with Crippen molar-refractivity contribution in [2.75, 3.05) is 54.1 Å². The van der Waals surface area contributed by atoms with Gasteiger partial charge in [-0.25, -0.2) is 0 Å². The summed E-state index contributed by atoms with van der Waals surface area (Å²) in [6, 6.07) is 0. The molecule has 0 aromatic heterocycles. The van der Waals surface area contributed by atoms with E-state index in [-0.39, 0.29) is 25.8 Å². The van der Waals surface area contributed by atoms with Gasteiger partial charge < -0.3 is 27.9 Å². The van der Waals surface area contributed by atoms with Crippen LogP contribution in [0, 0.1) is 0 Å². The topological polar surface area (TPSA) is 94.1 Å². The van der Waals surface area contributed by atoms with Crippen LogP contribution in [0.3, 0.4) is 0 Å². The molecule has 0 saturated heterocycles. The molecule has 0 N–H and O–H groups in total. The van der Waals surface area contributed by atoms with E-state index < -0.39 is 13.9 Å². The maximum atomic E-state index is 12.7. The first-order valence-corrected chi connectivity index (χ1v) is 25.4. The lowest BCUT2D eigenvalue weighted by molar-refractivity contribution is -0.870. The Labute approximate surface area is 348 Å². The van der Waals surface area contributed by atoms with Crippen molar-refractivity contribution in [2.24, 2.45) is 0 Å².